The largest absolute Gasteiger partial charge is 0.341 e. The first kappa shape index (κ1) is 36.8. The number of nitrogens with two attached hydrogens (primary N) is 2. The first-order valence-electron chi connectivity index (χ1n) is 15.8. The van der Waals surface area contributed by atoms with Crippen LogP contribution in [0.5, 0.6) is 0 Å². The summed E-state index contributed by atoms with van der Waals surface area (Å²) in [5, 5.41) is 10.4. The first-order chi connectivity index (χ1) is 22.9. The van der Waals surface area contributed by atoms with Gasteiger partial charge in [-0.2, -0.15) is 5.26 Å². The summed E-state index contributed by atoms with van der Waals surface area (Å²) in [6, 6.07) is 12.5. The molecular weight excluding hydrogens is 612 g/mol. The smallest absolute Gasteiger partial charge is 0.225 e. The summed E-state index contributed by atoms with van der Waals surface area (Å²) in [6.07, 6.45) is 8.35. The van der Waals surface area contributed by atoms with Crippen molar-refractivity contribution in [2.24, 2.45) is 11.5 Å². The number of rotatable bonds is 6. The molecule has 4 N–H and O–H groups in total. The zero-order chi connectivity index (χ0) is 34.5. The highest BCUT2D eigenvalue weighted by atomic mass is 32.1. The van der Waals surface area contributed by atoms with Crippen LogP contribution >= 0.6 is 11.3 Å². The number of thiazole rings is 1. The Kier molecular flexibility index (Phi) is 14.0. The van der Waals surface area contributed by atoms with E-state index in [1.807, 2.05) is 67.8 Å². The molecule has 1 aliphatic rings. The number of fused-ring (bicyclic) bond motifs is 1. The summed E-state index contributed by atoms with van der Waals surface area (Å²) < 4.78 is 15.5. The molecule has 5 heterocycles. The molecule has 6 rings (SSSR count). The predicted molar refractivity (Wildman–Crippen MR) is 193 cm³/mol. The van der Waals surface area contributed by atoms with Crippen molar-refractivity contribution in [2.75, 3.05) is 36.5 Å². The third-order valence-corrected chi connectivity index (χ3v) is 8.27. The van der Waals surface area contributed by atoms with Crippen molar-refractivity contribution in [3.63, 3.8) is 0 Å². The third-order valence-electron chi connectivity index (χ3n) is 7.23. The van der Waals surface area contributed by atoms with Gasteiger partial charge in [0.15, 0.2) is 5.13 Å². The van der Waals surface area contributed by atoms with Crippen LogP contribution in [0.3, 0.4) is 0 Å². The SMILES string of the molecule is C=C.CC.CCN.CCc1nc2ccc(-c3cnc(N4CCC(N)CC4)nc3)cn2c1N(C)c1nc(-c2ccc(F)cc2)c(C#N)s1. The van der Waals surface area contributed by atoms with E-state index in [1.54, 1.807) is 12.1 Å². The van der Waals surface area contributed by atoms with Crippen LogP contribution < -0.4 is 21.3 Å². The predicted octanol–water partition coefficient (Wildman–Crippen LogP) is 6.98. The van der Waals surface area contributed by atoms with Crippen molar-refractivity contribution in [1.82, 2.24) is 24.3 Å². The second-order valence-electron chi connectivity index (χ2n) is 10.2. The lowest BCUT2D eigenvalue weighted by molar-refractivity contribution is 0.495. The molecule has 0 bridgehead atoms. The zero-order valence-electron chi connectivity index (χ0n) is 27.9. The molecule has 5 aromatic rings. The van der Waals surface area contributed by atoms with E-state index >= 15 is 0 Å². The van der Waals surface area contributed by atoms with Gasteiger partial charge >= 0.3 is 0 Å². The van der Waals surface area contributed by atoms with Crippen LogP contribution in [-0.4, -0.2) is 57.1 Å². The van der Waals surface area contributed by atoms with Crippen molar-refractivity contribution in [3.8, 4) is 28.5 Å². The van der Waals surface area contributed by atoms with Gasteiger partial charge in [-0.05, 0) is 62.2 Å². The second-order valence-corrected chi connectivity index (χ2v) is 11.2. The van der Waals surface area contributed by atoms with Crippen molar-refractivity contribution in [2.45, 2.75) is 53.0 Å². The van der Waals surface area contributed by atoms with Crippen LogP contribution in [0.1, 0.15) is 51.1 Å². The van der Waals surface area contributed by atoms with Gasteiger partial charge in [0.25, 0.3) is 0 Å². The number of hydrogen-bond donors (Lipinski definition) is 2. The molecule has 0 radical (unpaired) electrons. The third kappa shape index (κ3) is 8.56. The van der Waals surface area contributed by atoms with Gasteiger partial charge in [0.05, 0.1) is 5.69 Å². The molecule has 12 heteroatoms. The molecule has 4 aromatic heterocycles. The fourth-order valence-corrected chi connectivity index (χ4v) is 5.85. The molecule has 0 unspecified atom stereocenters. The number of aromatic nitrogens is 5. The summed E-state index contributed by atoms with van der Waals surface area (Å²) in [4.78, 5) is 23.5. The maximum atomic E-state index is 13.5. The number of aryl methyl sites for hydroxylation is 1. The van der Waals surface area contributed by atoms with Gasteiger partial charge in [-0.3, -0.25) is 4.40 Å². The normalized spacial score (nSPS) is 12.5. The summed E-state index contributed by atoms with van der Waals surface area (Å²) in [5.41, 5.74) is 15.7. The van der Waals surface area contributed by atoms with E-state index in [9.17, 15) is 9.65 Å². The summed E-state index contributed by atoms with van der Waals surface area (Å²) in [7, 11) is 1.92. The zero-order valence-corrected chi connectivity index (χ0v) is 28.8. The Bertz CT molecular complexity index is 1730. The highest BCUT2D eigenvalue weighted by Crippen LogP contribution is 2.37. The van der Waals surface area contributed by atoms with Crippen molar-refractivity contribution in [3.05, 3.63) is 84.5 Å². The van der Waals surface area contributed by atoms with Gasteiger partial charge in [-0.15, -0.1) is 13.2 Å². The summed E-state index contributed by atoms with van der Waals surface area (Å²) >= 11 is 1.29. The molecule has 1 fully saturated rings. The Labute approximate surface area is 281 Å². The average molecular weight is 657 g/mol. The lowest BCUT2D eigenvalue weighted by atomic mass is 10.1. The van der Waals surface area contributed by atoms with E-state index in [0.717, 1.165) is 73.1 Å². The van der Waals surface area contributed by atoms with Crippen LogP contribution in [-0.2, 0) is 6.42 Å². The molecule has 1 aliphatic heterocycles. The number of benzene rings is 1. The van der Waals surface area contributed by atoms with E-state index in [4.69, 9.17) is 21.4 Å². The van der Waals surface area contributed by atoms with Gasteiger partial charge in [-0.25, -0.2) is 24.3 Å². The minimum Gasteiger partial charge on any atom is -0.341 e. The molecular formula is C35H45FN10S. The lowest BCUT2D eigenvalue weighted by Gasteiger charge is -2.30. The first-order valence-corrected chi connectivity index (χ1v) is 16.6. The highest BCUT2D eigenvalue weighted by Gasteiger charge is 2.23. The van der Waals surface area contributed by atoms with E-state index in [1.165, 1.54) is 23.5 Å². The number of halogens is 1. The lowest BCUT2D eigenvalue weighted by Crippen LogP contribution is -2.40. The highest BCUT2D eigenvalue weighted by molar-refractivity contribution is 7.16. The maximum absolute atomic E-state index is 13.5. The fourth-order valence-electron chi connectivity index (χ4n) is 5.00. The van der Waals surface area contributed by atoms with Crippen LogP contribution in [0.2, 0.25) is 0 Å². The van der Waals surface area contributed by atoms with Crippen molar-refractivity contribution >= 4 is 33.9 Å². The van der Waals surface area contributed by atoms with E-state index in [0.29, 0.717) is 21.3 Å². The van der Waals surface area contributed by atoms with Crippen molar-refractivity contribution in [1.29, 1.82) is 5.26 Å². The van der Waals surface area contributed by atoms with Gasteiger partial charge in [-0.1, -0.05) is 39.0 Å². The van der Waals surface area contributed by atoms with Gasteiger partial charge < -0.3 is 21.3 Å². The minimum atomic E-state index is -0.333. The van der Waals surface area contributed by atoms with Gasteiger partial charge in [0, 0.05) is 61.5 Å². The number of anilines is 3. The van der Waals surface area contributed by atoms with Crippen LogP contribution in [0.25, 0.3) is 28.0 Å². The Morgan fingerprint density at radius 2 is 1.60 bits per heavy atom. The number of nitrogens with zero attached hydrogens (tertiary/aromatic N) is 8. The van der Waals surface area contributed by atoms with Gasteiger partial charge in [0.1, 0.15) is 33.9 Å². The molecule has 248 valence electrons. The van der Waals surface area contributed by atoms with Crippen molar-refractivity contribution < 1.29 is 4.39 Å². The number of nitriles is 1. The topological polar surface area (TPSA) is 138 Å². The average Bonchev–Trinajstić information content (AvgIpc) is 3.72. The molecule has 0 amide bonds. The van der Waals surface area contributed by atoms with Crippen LogP contribution in [0.15, 0.2) is 68.1 Å². The Morgan fingerprint density at radius 3 is 2.17 bits per heavy atom. The molecule has 47 heavy (non-hydrogen) atoms. The van der Waals surface area contributed by atoms with Crippen LogP contribution in [0.4, 0.5) is 21.3 Å². The van der Waals surface area contributed by atoms with Crippen LogP contribution in [0, 0.1) is 17.1 Å². The quantitative estimate of drug-likeness (QED) is 0.185. The Hall–Kier alpha value is -4.70. The summed E-state index contributed by atoms with van der Waals surface area (Å²) in [6.45, 7) is 16.4. The number of imidazole rings is 1. The second kappa shape index (κ2) is 17.9. The molecule has 10 nitrogen and oxygen atoms in total. The van der Waals surface area contributed by atoms with E-state index in [-0.39, 0.29) is 11.9 Å². The number of pyridine rings is 1. The maximum Gasteiger partial charge on any atom is 0.225 e. The molecule has 1 saturated heterocycles. The Balaban J connectivity index is 0.000000799. The minimum absolute atomic E-state index is 0.253. The fraction of sp³-hybridized carbons (Fsp3) is 0.343. The number of hydrogen-bond acceptors (Lipinski definition) is 10. The number of piperidine rings is 1. The summed E-state index contributed by atoms with van der Waals surface area (Å²) in [5.74, 6) is 1.26. The van der Waals surface area contributed by atoms with E-state index in [2.05, 4.69) is 41.0 Å². The Morgan fingerprint density at radius 1 is 1.00 bits per heavy atom. The van der Waals surface area contributed by atoms with Gasteiger partial charge in [0.2, 0.25) is 5.95 Å². The molecule has 0 saturated carbocycles. The molecule has 1 aromatic carbocycles. The standard InChI is InChI=1S/C29H28FN9S.C2H7N.C2H6.C2H4/c1-3-23-27(37(2)29-36-26(24(14-31)40-29)18-4-7-21(30)8-5-18)39-17-19(6-9-25(39)35-23)20-15-33-28(34-16-20)38-12-10-22(32)11-13-38;1-2-3;2*1-2/h4-9,15-17,22H,3,10-13,32H2,1-2H3;2-3H2,1H3;1-2H3;1-2H2. The molecule has 0 spiro atoms. The monoisotopic (exact) mass is 656 g/mol. The van der Waals surface area contributed by atoms with E-state index < -0.39 is 0 Å². The molecule has 0 atom stereocenters. The molecule has 0 aliphatic carbocycles.